The summed E-state index contributed by atoms with van der Waals surface area (Å²) in [6.07, 6.45) is 0. The molecule has 0 aliphatic carbocycles. The number of carbonyl (C=O) groups is 2. The number of hydrogen-bond donors (Lipinski definition) is 0. The molecule has 0 saturated carbocycles. The lowest BCUT2D eigenvalue weighted by Crippen LogP contribution is -2.28. The molecule has 0 amide bonds. The van der Waals surface area contributed by atoms with Gasteiger partial charge < -0.3 is 18.9 Å². The Bertz CT molecular complexity index is 1090. The normalized spacial score (nSPS) is 11.6. The van der Waals surface area contributed by atoms with Gasteiger partial charge in [0.05, 0.1) is 0 Å². The number of benzene rings is 3. The molecule has 0 heterocycles. The number of hydrogen-bond acceptors (Lipinski definition) is 6. The smallest absolute Gasteiger partial charge is 0.344 e. The lowest BCUT2D eigenvalue weighted by Gasteiger charge is -2.21. The first-order valence-corrected chi connectivity index (χ1v) is 13.3. The second-order valence-electron chi connectivity index (χ2n) is 10.3. The third-order valence-electron chi connectivity index (χ3n) is 4.64. The number of carbonyl (C=O) groups excluding carboxylic acids is 2. The van der Waals surface area contributed by atoms with Crippen molar-refractivity contribution in [2.45, 2.75) is 67.4 Å². The van der Waals surface area contributed by atoms with Crippen molar-refractivity contribution in [1.82, 2.24) is 0 Å². The molecular weight excluding hydrogens is 488 g/mol. The van der Waals surface area contributed by atoms with Crippen molar-refractivity contribution in [3.05, 3.63) is 78.9 Å². The van der Waals surface area contributed by atoms with Crippen molar-refractivity contribution in [3.63, 3.8) is 0 Å². The van der Waals surface area contributed by atoms with Gasteiger partial charge in [0.2, 0.25) is 4.90 Å². The van der Waals surface area contributed by atoms with Crippen LogP contribution in [0.2, 0.25) is 0 Å². The minimum absolute atomic E-state index is 0.263. The summed E-state index contributed by atoms with van der Waals surface area (Å²) >= 11 is 0. The molecule has 0 aromatic heterocycles. The average molecular weight is 524 g/mol. The van der Waals surface area contributed by atoms with Crippen LogP contribution in [0.5, 0.6) is 11.5 Å². The van der Waals surface area contributed by atoms with Crippen LogP contribution in [-0.2, 0) is 30.0 Å². The van der Waals surface area contributed by atoms with Crippen molar-refractivity contribution in [3.8, 4) is 11.5 Å². The van der Waals surface area contributed by atoms with Crippen molar-refractivity contribution < 1.29 is 28.5 Å². The van der Waals surface area contributed by atoms with E-state index in [1.165, 1.54) is 0 Å². The summed E-state index contributed by atoms with van der Waals surface area (Å²) in [5.74, 6) is 0.00263. The van der Waals surface area contributed by atoms with Crippen LogP contribution in [0.15, 0.2) is 93.5 Å². The van der Waals surface area contributed by atoms with E-state index in [-0.39, 0.29) is 13.2 Å². The fourth-order valence-corrected chi connectivity index (χ4v) is 5.68. The Labute approximate surface area is 222 Å². The predicted octanol–water partition coefficient (Wildman–Crippen LogP) is 6.22. The Kier molecular flexibility index (Phi) is 9.27. The van der Waals surface area contributed by atoms with E-state index in [2.05, 4.69) is 0 Å². The highest BCUT2D eigenvalue weighted by atomic mass is 32.2. The van der Waals surface area contributed by atoms with Gasteiger partial charge in [0.1, 0.15) is 22.1 Å². The molecule has 7 heteroatoms. The van der Waals surface area contributed by atoms with E-state index in [1.807, 2.05) is 102 Å². The van der Waals surface area contributed by atoms with Crippen molar-refractivity contribution in [1.29, 1.82) is 0 Å². The zero-order valence-corrected chi connectivity index (χ0v) is 23.1. The highest BCUT2D eigenvalue weighted by molar-refractivity contribution is 7.97. The molecule has 37 heavy (non-hydrogen) atoms. The van der Waals surface area contributed by atoms with Crippen LogP contribution in [0.25, 0.3) is 0 Å². The topological polar surface area (TPSA) is 71.1 Å². The molecule has 0 radical (unpaired) electrons. The van der Waals surface area contributed by atoms with Crippen molar-refractivity contribution >= 4 is 22.8 Å². The largest absolute Gasteiger partial charge is 0.476 e. The summed E-state index contributed by atoms with van der Waals surface area (Å²) in [7, 11) is -0.659. The van der Waals surface area contributed by atoms with Gasteiger partial charge in [-0.15, -0.1) is 0 Å². The Morgan fingerprint density at radius 2 is 0.973 bits per heavy atom. The zero-order chi connectivity index (χ0) is 27.1. The van der Waals surface area contributed by atoms with Crippen LogP contribution in [0.1, 0.15) is 41.5 Å². The lowest BCUT2D eigenvalue weighted by molar-refractivity contribution is -0.158. The fourth-order valence-electron chi connectivity index (χ4n) is 3.42. The Balaban J connectivity index is 2.04. The molecule has 0 N–H and O–H groups in total. The molecule has 0 aliphatic rings. The monoisotopic (exact) mass is 523 g/mol. The maximum Gasteiger partial charge on any atom is 0.344 e. The molecule has 6 nitrogen and oxygen atoms in total. The fraction of sp³-hybridized carbons (Fsp3) is 0.333. The van der Waals surface area contributed by atoms with Gasteiger partial charge in [-0.3, -0.25) is 0 Å². The number of ether oxygens (including phenoxy) is 4. The molecule has 0 unspecified atom stereocenters. The molecule has 0 fully saturated rings. The summed E-state index contributed by atoms with van der Waals surface area (Å²) in [6.45, 7) is 10.3. The zero-order valence-electron chi connectivity index (χ0n) is 22.3. The summed E-state index contributed by atoms with van der Waals surface area (Å²) in [6, 6.07) is 25.4. The SMILES string of the molecule is CC(C)(C)OC(=O)COc1cccc(OCC(=O)OC(C)(C)C)c1[S+](c1ccccc1)c1ccccc1. The van der Waals surface area contributed by atoms with Crippen molar-refractivity contribution in [2.24, 2.45) is 0 Å². The van der Waals surface area contributed by atoms with Crippen LogP contribution in [0, 0.1) is 0 Å². The number of esters is 2. The Morgan fingerprint density at radius 1 is 0.595 bits per heavy atom. The van der Waals surface area contributed by atoms with Crippen LogP contribution < -0.4 is 9.47 Å². The van der Waals surface area contributed by atoms with Crippen LogP contribution in [0.3, 0.4) is 0 Å². The highest BCUT2D eigenvalue weighted by Crippen LogP contribution is 2.42. The quantitative estimate of drug-likeness (QED) is 0.245. The Hall–Kier alpha value is -3.45. The molecule has 0 spiro atoms. The first-order chi connectivity index (χ1) is 17.4. The molecule has 3 aromatic carbocycles. The molecule has 196 valence electrons. The first-order valence-electron chi connectivity index (χ1n) is 12.1. The molecular formula is C30H35O6S+. The van der Waals surface area contributed by atoms with E-state index in [0.717, 1.165) is 14.7 Å². The summed E-state index contributed by atoms with van der Waals surface area (Å²) in [5.41, 5.74) is -1.25. The summed E-state index contributed by atoms with van der Waals surface area (Å²) in [5, 5.41) is 0. The minimum atomic E-state index is -0.659. The van der Waals surface area contributed by atoms with Crippen LogP contribution >= 0.6 is 0 Å². The minimum Gasteiger partial charge on any atom is -0.476 e. The second kappa shape index (κ2) is 12.2. The molecule has 0 bridgehead atoms. The van der Waals surface area contributed by atoms with E-state index in [9.17, 15) is 9.59 Å². The van der Waals surface area contributed by atoms with Gasteiger partial charge >= 0.3 is 11.9 Å². The molecule has 3 aromatic rings. The maximum atomic E-state index is 12.4. The molecule has 0 aliphatic heterocycles. The summed E-state index contributed by atoms with van der Waals surface area (Å²) in [4.78, 5) is 27.7. The average Bonchev–Trinajstić information content (AvgIpc) is 2.82. The maximum absolute atomic E-state index is 12.4. The predicted molar refractivity (Wildman–Crippen MR) is 144 cm³/mol. The van der Waals surface area contributed by atoms with E-state index in [1.54, 1.807) is 18.2 Å². The lowest BCUT2D eigenvalue weighted by atomic mass is 10.2. The first kappa shape index (κ1) is 28.1. The van der Waals surface area contributed by atoms with E-state index in [4.69, 9.17) is 18.9 Å². The van der Waals surface area contributed by atoms with Crippen LogP contribution in [-0.4, -0.2) is 36.4 Å². The van der Waals surface area contributed by atoms with Crippen LogP contribution in [0.4, 0.5) is 0 Å². The third kappa shape index (κ3) is 8.86. The van der Waals surface area contributed by atoms with E-state index in [0.29, 0.717) is 11.5 Å². The number of rotatable bonds is 9. The van der Waals surface area contributed by atoms with E-state index >= 15 is 0 Å². The Morgan fingerprint density at radius 3 is 1.32 bits per heavy atom. The van der Waals surface area contributed by atoms with Gasteiger partial charge in [-0.1, -0.05) is 42.5 Å². The highest BCUT2D eigenvalue weighted by Gasteiger charge is 2.36. The van der Waals surface area contributed by atoms with Gasteiger partial charge in [-0.05, 0) is 77.9 Å². The molecule has 0 atom stereocenters. The van der Waals surface area contributed by atoms with Gasteiger partial charge in [0.15, 0.2) is 34.5 Å². The molecule has 3 rings (SSSR count). The van der Waals surface area contributed by atoms with Crippen molar-refractivity contribution in [2.75, 3.05) is 13.2 Å². The second-order valence-corrected chi connectivity index (χ2v) is 12.2. The van der Waals surface area contributed by atoms with Gasteiger partial charge in [0, 0.05) is 0 Å². The standard InChI is InChI=1S/C30H35O6S/c1-29(2,3)35-26(31)20-33-24-18-13-19-25(34-21-27(32)36-30(4,5)6)28(24)37(22-14-9-7-10-15-22)23-16-11-8-12-17-23/h7-19H,20-21H2,1-6H3/q+1. The van der Waals surface area contributed by atoms with E-state index < -0.39 is 34.0 Å². The third-order valence-corrected chi connectivity index (χ3v) is 6.93. The van der Waals surface area contributed by atoms with Gasteiger partial charge in [0.25, 0.3) is 0 Å². The van der Waals surface area contributed by atoms with Gasteiger partial charge in [-0.2, -0.15) is 0 Å². The summed E-state index contributed by atoms with van der Waals surface area (Å²) < 4.78 is 22.9. The molecule has 0 saturated heterocycles. The van der Waals surface area contributed by atoms with Gasteiger partial charge in [-0.25, -0.2) is 9.59 Å².